The van der Waals surface area contributed by atoms with Crippen LogP contribution in [0, 0.1) is 6.92 Å². The molecule has 0 aliphatic heterocycles. The van der Waals surface area contributed by atoms with Gasteiger partial charge in [0.15, 0.2) is 0 Å². The molecule has 0 spiro atoms. The summed E-state index contributed by atoms with van der Waals surface area (Å²) in [5.74, 6) is -0.927. The maximum atomic E-state index is 11.3. The number of aryl methyl sites for hydroxylation is 1. The molecule has 3 N–H and O–H groups in total. The maximum Gasteiger partial charge on any atom is 0.315 e. The molecule has 0 unspecified atom stereocenters. The molecule has 0 aliphatic rings. The van der Waals surface area contributed by atoms with E-state index in [4.69, 9.17) is 5.11 Å². The summed E-state index contributed by atoms with van der Waals surface area (Å²) in [5, 5.41) is 13.5. The van der Waals surface area contributed by atoms with Gasteiger partial charge in [0.05, 0.1) is 6.42 Å². The molecule has 0 saturated heterocycles. The van der Waals surface area contributed by atoms with Gasteiger partial charge in [-0.05, 0) is 12.5 Å². The highest BCUT2D eigenvalue weighted by Crippen LogP contribution is 2.02. The largest absolute Gasteiger partial charge is 0.481 e. The van der Waals surface area contributed by atoms with Gasteiger partial charge >= 0.3 is 12.0 Å². The van der Waals surface area contributed by atoms with Gasteiger partial charge in [0.1, 0.15) is 0 Å². The molecule has 2 amide bonds. The molecule has 92 valence electrons. The van der Waals surface area contributed by atoms with Gasteiger partial charge in [-0.25, -0.2) is 4.79 Å². The van der Waals surface area contributed by atoms with Gasteiger partial charge in [0.2, 0.25) is 0 Å². The minimum Gasteiger partial charge on any atom is -0.481 e. The second-order valence-electron chi connectivity index (χ2n) is 3.74. The fourth-order valence-electron chi connectivity index (χ4n) is 1.35. The molecule has 1 rings (SSSR count). The number of carbonyl (C=O) groups is 2. The van der Waals surface area contributed by atoms with Crippen LogP contribution in [0.2, 0.25) is 0 Å². The first-order chi connectivity index (χ1) is 8.08. The lowest BCUT2D eigenvalue weighted by Crippen LogP contribution is -2.36. The van der Waals surface area contributed by atoms with E-state index in [-0.39, 0.29) is 19.0 Å². The van der Waals surface area contributed by atoms with E-state index < -0.39 is 5.97 Å². The Morgan fingerprint density at radius 3 is 2.71 bits per heavy atom. The van der Waals surface area contributed by atoms with Crippen molar-refractivity contribution in [3.63, 3.8) is 0 Å². The number of urea groups is 1. The summed E-state index contributed by atoms with van der Waals surface area (Å²) in [5.41, 5.74) is 2.15. The van der Waals surface area contributed by atoms with Crippen molar-refractivity contribution < 1.29 is 14.7 Å². The average Bonchev–Trinajstić information content (AvgIpc) is 2.26. The van der Waals surface area contributed by atoms with E-state index in [1.54, 1.807) is 0 Å². The lowest BCUT2D eigenvalue weighted by Gasteiger charge is -2.07. The van der Waals surface area contributed by atoms with Crippen LogP contribution in [0.5, 0.6) is 0 Å². The molecule has 0 aliphatic carbocycles. The summed E-state index contributed by atoms with van der Waals surface area (Å²) in [7, 11) is 0. The van der Waals surface area contributed by atoms with Crippen LogP contribution in [0.3, 0.4) is 0 Å². The Morgan fingerprint density at radius 1 is 1.29 bits per heavy atom. The zero-order chi connectivity index (χ0) is 12.7. The monoisotopic (exact) mass is 236 g/mol. The Bertz CT molecular complexity index is 404. The lowest BCUT2D eigenvalue weighted by molar-refractivity contribution is -0.136. The highest BCUT2D eigenvalue weighted by molar-refractivity contribution is 5.74. The molecule has 0 fully saturated rings. The van der Waals surface area contributed by atoms with Gasteiger partial charge < -0.3 is 15.7 Å². The van der Waals surface area contributed by atoms with Crippen molar-refractivity contribution in [2.75, 3.05) is 6.54 Å². The minimum atomic E-state index is -0.927. The molecule has 0 atom stereocenters. The molecule has 17 heavy (non-hydrogen) atoms. The van der Waals surface area contributed by atoms with Gasteiger partial charge in [-0.15, -0.1) is 0 Å². The first-order valence-electron chi connectivity index (χ1n) is 5.37. The maximum absolute atomic E-state index is 11.3. The predicted molar refractivity (Wildman–Crippen MR) is 63.7 cm³/mol. The SMILES string of the molecule is Cc1cccc(CNC(=O)NCCC(=O)O)c1. The third-order valence-corrected chi connectivity index (χ3v) is 2.16. The fourth-order valence-corrected chi connectivity index (χ4v) is 1.35. The standard InChI is InChI=1S/C12H16N2O3/c1-9-3-2-4-10(7-9)8-14-12(17)13-6-5-11(15)16/h2-4,7H,5-6,8H2,1H3,(H,15,16)(H2,13,14,17). The van der Waals surface area contributed by atoms with Crippen molar-refractivity contribution in [2.45, 2.75) is 19.9 Å². The van der Waals surface area contributed by atoms with Crippen LogP contribution in [-0.2, 0) is 11.3 Å². The van der Waals surface area contributed by atoms with Crippen molar-refractivity contribution in [1.29, 1.82) is 0 Å². The first-order valence-corrected chi connectivity index (χ1v) is 5.37. The van der Waals surface area contributed by atoms with E-state index in [0.717, 1.165) is 11.1 Å². The number of carboxylic acids is 1. The number of hydrogen-bond acceptors (Lipinski definition) is 2. The first kappa shape index (κ1) is 13.0. The molecule has 0 saturated carbocycles. The Morgan fingerprint density at radius 2 is 2.06 bits per heavy atom. The minimum absolute atomic E-state index is 0.0716. The fraction of sp³-hybridized carbons (Fsp3) is 0.333. The highest BCUT2D eigenvalue weighted by Gasteiger charge is 2.01. The summed E-state index contributed by atoms with van der Waals surface area (Å²) in [4.78, 5) is 21.5. The Balaban J connectivity index is 2.26. The van der Waals surface area contributed by atoms with E-state index in [0.29, 0.717) is 6.54 Å². The van der Waals surface area contributed by atoms with E-state index in [9.17, 15) is 9.59 Å². The zero-order valence-electron chi connectivity index (χ0n) is 9.69. The van der Waals surface area contributed by atoms with Crippen molar-refractivity contribution in [3.8, 4) is 0 Å². The van der Waals surface area contributed by atoms with Gasteiger partial charge in [0.25, 0.3) is 0 Å². The summed E-state index contributed by atoms with van der Waals surface area (Å²) in [6.07, 6.45) is -0.0716. The number of amides is 2. The summed E-state index contributed by atoms with van der Waals surface area (Å²) < 4.78 is 0. The molecule has 5 nitrogen and oxygen atoms in total. The highest BCUT2D eigenvalue weighted by atomic mass is 16.4. The molecule has 1 aromatic carbocycles. The number of carbonyl (C=O) groups excluding carboxylic acids is 1. The Labute approximate surface area is 99.8 Å². The zero-order valence-corrected chi connectivity index (χ0v) is 9.69. The van der Waals surface area contributed by atoms with E-state index in [2.05, 4.69) is 10.6 Å². The van der Waals surface area contributed by atoms with Crippen LogP contribution in [0.15, 0.2) is 24.3 Å². The second kappa shape index (κ2) is 6.52. The number of benzene rings is 1. The van der Waals surface area contributed by atoms with Crippen LogP contribution in [0.4, 0.5) is 4.79 Å². The number of nitrogens with one attached hydrogen (secondary N) is 2. The molecule has 0 radical (unpaired) electrons. The topological polar surface area (TPSA) is 78.4 Å². The smallest absolute Gasteiger partial charge is 0.315 e. The van der Waals surface area contributed by atoms with Gasteiger partial charge in [-0.3, -0.25) is 4.79 Å². The Hall–Kier alpha value is -2.04. The van der Waals surface area contributed by atoms with E-state index in [1.165, 1.54) is 0 Å². The molecule has 0 heterocycles. The number of carboxylic acid groups (broad SMARTS) is 1. The third-order valence-electron chi connectivity index (χ3n) is 2.16. The third kappa shape index (κ3) is 5.55. The summed E-state index contributed by atoms with van der Waals surface area (Å²) in [6.45, 7) is 2.55. The van der Waals surface area contributed by atoms with Crippen LogP contribution in [0.25, 0.3) is 0 Å². The molecule has 5 heteroatoms. The van der Waals surface area contributed by atoms with Crippen LogP contribution in [-0.4, -0.2) is 23.7 Å². The van der Waals surface area contributed by atoms with Crippen LogP contribution >= 0.6 is 0 Å². The van der Waals surface area contributed by atoms with Crippen molar-refractivity contribution in [1.82, 2.24) is 10.6 Å². The lowest BCUT2D eigenvalue weighted by atomic mass is 10.1. The molecule has 0 aromatic heterocycles. The second-order valence-corrected chi connectivity index (χ2v) is 3.74. The Kier molecular flexibility index (Phi) is 5.00. The number of rotatable bonds is 5. The van der Waals surface area contributed by atoms with Crippen molar-refractivity contribution in [3.05, 3.63) is 35.4 Å². The van der Waals surface area contributed by atoms with Crippen LogP contribution in [0.1, 0.15) is 17.5 Å². The number of aliphatic carboxylic acids is 1. The summed E-state index contributed by atoms with van der Waals surface area (Å²) >= 11 is 0. The van der Waals surface area contributed by atoms with Gasteiger partial charge in [-0.1, -0.05) is 29.8 Å². The van der Waals surface area contributed by atoms with E-state index in [1.807, 2.05) is 31.2 Å². The normalized spacial score (nSPS) is 9.71. The van der Waals surface area contributed by atoms with Crippen molar-refractivity contribution >= 4 is 12.0 Å². The van der Waals surface area contributed by atoms with Gasteiger partial charge in [0, 0.05) is 13.1 Å². The summed E-state index contributed by atoms with van der Waals surface area (Å²) in [6, 6.07) is 7.46. The molecular formula is C12H16N2O3. The van der Waals surface area contributed by atoms with Gasteiger partial charge in [-0.2, -0.15) is 0 Å². The molecular weight excluding hydrogens is 220 g/mol. The molecule has 1 aromatic rings. The number of hydrogen-bond donors (Lipinski definition) is 3. The van der Waals surface area contributed by atoms with E-state index >= 15 is 0 Å². The van der Waals surface area contributed by atoms with Crippen LogP contribution < -0.4 is 10.6 Å². The quantitative estimate of drug-likeness (QED) is 0.720. The predicted octanol–water partition coefficient (Wildman–Crippen LogP) is 1.27. The molecule has 0 bridgehead atoms. The van der Waals surface area contributed by atoms with Crippen molar-refractivity contribution in [2.24, 2.45) is 0 Å². The average molecular weight is 236 g/mol.